The van der Waals surface area contributed by atoms with Crippen molar-refractivity contribution in [3.05, 3.63) is 150 Å². The topological polar surface area (TPSA) is 211 Å². The Morgan fingerprint density at radius 3 is 1.48 bits per heavy atom. The Hall–Kier alpha value is -7.87. The van der Waals surface area contributed by atoms with E-state index in [2.05, 4.69) is 57.3 Å². The first-order chi connectivity index (χ1) is 39.2. The van der Waals surface area contributed by atoms with E-state index in [9.17, 15) is 47.0 Å². The van der Waals surface area contributed by atoms with Crippen LogP contribution in [0.2, 0.25) is 5.02 Å². The second kappa shape index (κ2) is 26.4. The average Bonchev–Trinajstić information content (AvgIpc) is 4.10. The molecule has 2 N–H and O–H groups in total. The number of amides is 2. The average molecular weight is 1220 g/mol. The minimum Gasteiger partial charge on any atom is -0.434 e. The lowest BCUT2D eigenvalue weighted by atomic mass is 10.1. The van der Waals surface area contributed by atoms with Crippen molar-refractivity contribution in [3.63, 3.8) is 0 Å². The number of ether oxygens (including phenoxy) is 2. The highest BCUT2D eigenvalue weighted by Gasteiger charge is 2.29. The van der Waals surface area contributed by atoms with Crippen molar-refractivity contribution in [3.8, 4) is 22.6 Å². The number of anilines is 2. The van der Waals surface area contributed by atoms with E-state index in [-0.39, 0.29) is 72.8 Å². The molecule has 2 fully saturated rings. The van der Waals surface area contributed by atoms with Crippen molar-refractivity contribution in [2.45, 2.75) is 79.3 Å². The van der Waals surface area contributed by atoms with Crippen LogP contribution < -0.4 is 30.4 Å². The highest BCUT2D eigenvalue weighted by Crippen LogP contribution is 2.31. The number of nitrogens with zero attached hydrogens (tertiary/aromatic N) is 12. The van der Waals surface area contributed by atoms with Crippen LogP contribution in [0.25, 0.3) is 32.9 Å². The summed E-state index contributed by atoms with van der Waals surface area (Å²) in [5, 5.41) is 20.8. The van der Waals surface area contributed by atoms with Gasteiger partial charge >= 0.3 is 13.2 Å². The first-order valence-electron chi connectivity index (χ1n) is 25.9. The summed E-state index contributed by atoms with van der Waals surface area (Å²) in [5.41, 5.74) is 3.77. The normalized spacial score (nSPS) is 15.4. The van der Waals surface area contributed by atoms with Crippen molar-refractivity contribution < 1.29 is 46.8 Å². The molecule has 2 saturated heterocycles. The predicted octanol–water partition coefficient (Wildman–Crippen LogP) is 7.43. The number of benzene rings is 4. The third-order valence-corrected chi connectivity index (χ3v) is 15.0. The third kappa shape index (κ3) is 13.5. The van der Waals surface area contributed by atoms with Crippen LogP contribution in [0, 0.1) is 0 Å². The molecule has 0 unspecified atom stereocenters. The molecule has 2 atom stereocenters. The summed E-state index contributed by atoms with van der Waals surface area (Å²) in [4.78, 5) is 74.0. The molecule has 20 nitrogen and oxygen atoms in total. The SMILES string of the molecule is CC(=O)N1CCN(c2ncc(-c3ccc4c(=O)n(C)n(Cc5c(CO)cccc5OC(F)F)c4c3)cn2)[C@H](C)C1.CC(=O)N1CCN(c2ncc(Br)cn2)[C@H](C)C1.Cn1c(=O)c2ccc(Cl)cc2n1Cc1c(CO)cccc1OC(F)F. The second-order valence-electron chi connectivity index (χ2n) is 19.5. The first-order valence-corrected chi connectivity index (χ1v) is 27.1. The van der Waals surface area contributed by atoms with Gasteiger partial charge in [-0.05, 0) is 88.9 Å². The van der Waals surface area contributed by atoms with E-state index in [4.69, 9.17) is 16.3 Å². The molecule has 4 aromatic heterocycles. The van der Waals surface area contributed by atoms with E-state index in [1.165, 1.54) is 33.6 Å². The Balaban J connectivity index is 0.000000178. The van der Waals surface area contributed by atoms with E-state index in [1.54, 1.807) is 98.5 Å². The number of aromatic nitrogens is 8. The fraction of sp³-hybridized carbons (Fsp3) is 0.357. The number of fused-ring (bicyclic) bond motifs is 2. The fourth-order valence-electron chi connectivity index (χ4n) is 10.0. The molecule has 0 spiro atoms. The lowest BCUT2D eigenvalue weighted by Crippen LogP contribution is -2.53. The summed E-state index contributed by atoms with van der Waals surface area (Å²) in [6.07, 6.45) is 6.92. The summed E-state index contributed by atoms with van der Waals surface area (Å²) in [6, 6.07) is 19.7. The molecule has 8 aromatic rings. The molecular formula is C56H60BrClF4N12O8. The number of rotatable bonds is 13. The zero-order chi connectivity index (χ0) is 59.1. The van der Waals surface area contributed by atoms with E-state index < -0.39 is 13.2 Å². The van der Waals surface area contributed by atoms with Gasteiger partial charge in [0.1, 0.15) is 11.5 Å². The number of carbonyl (C=O) groups is 2. The van der Waals surface area contributed by atoms with Crippen molar-refractivity contribution in [2.75, 3.05) is 49.1 Å². The molecule has 26 heteroatoms. The maximum Gasteiger partial charge on any atom is 0.387 e. The van der Waals surface area contributed by atoms with Crippen LogP contribution in [0.5, 0.6) is 11.5 Å². The second-order valence-corrected chi connectivity index (χ2v) is 20.9. The largest absolute Gasteiger partial charge is 0.434 e. The van der Waals surface area contributed by atoms with Gasteiger partial charge in [-0.25, -0.2) is 19.9 Å². The number of aliphatic hydroxyl groups is 2. The van der Waals surface area contributed by atoms with Crippen molar-refractivity contribution in [1.82, 2.24) is 48.5 Å². The number of halogens is 6. The molecule has 434 valence electrons. The van der Waals surface area contributed by atoms with Crippen LogP contribution in [-0.2, 0) is 50.0 Å². The van der Waals surface area contributed by atoms with Crippen LogP contribution in [0.3, 0.4) is 0 Å². The molecule has 10 rings (SSSR count). The maximum absolute atomic E-state index is 13.1. The summed E-state index contributed by atoms with van der Waals surface area (Å²) in [5.74, 6) is 1.38. The van der Waals surface area contributed by atoms with Gasteiger partial charge in [0.05, 0.1) is 52.6 Å². The minimum atomic E-state index is -3.03. The highest BCUT2D eigenvalue weighted by molar-refractivity contribution is 9.10. The van der Waals surface area contributed by atoms with Crippen molar-refractivity contribution in [2.24, 2.45) is 14.1 Å². The van der Waals surface area contributed by atoms with Gasteiger partial charge < -0.3 is 39.3 Å². The molecule has 0 bridgehead atoms. The Bertz CT molecular complexity index is 3700. The number of aliphatic hydroxyl groups excluding tert-OH is 2. The number of alkyl halides is 4. The summed E-state index contributed by atoms with van der Waals surface area (Å²) in [7, 11) is 3.17. The van der Waals surface area contributed by atoms with E-state index >= 15 is 0 Å². The monoisotopic (exact) mass is 1220 g/mol. The van der Waals surface area contributed by atoms with Gasteiger partial charge in [-0.15, -0.1) is 0 Å². The zero-order valence-corrected chi connectivity index (χ0v) is 47.9. The fourth-order valence-corrected chi connectivity index (χ4v) is 10.4. The molecular weight excluding hydrogens is 1160 g/mol. The number of hydrogen-bond acceptors (Lipinski definition) is 14. The van der Waals surface area contributed by atoms with E-state index in [0.29, 0.717) is 74.7 Å². The Kier molecular flexibility index (Phi) is 19.4. The minimum absolute atomic E-state index is 0.0248. The molecule has 2 amide bonds. The molecule has 6 heterocycles. The third-order valence-electron chi connectivity index (χ3n) is 14.4. The predicted molar refractivity (Wildman–Crippen MR) is 304 cm³/mol. The van der Waals surface area contributed by atoms with Crippen molar-refractivity contribution in [1.29, 1.82) is 0 Å². The quantitative estimate of drug-likeness (QED) is 0.108. The van der Waals surface area contributed by atoms with E-state index in [0.717, 1.165) is 41.2 Å². The van der Waals surface area contributed by atoms with Crippen LogP contribution in [-0.4, -0.2) is 135 Å². The van der Waals surface area contributed by atoms with Crippen LogP contribution in [0.15, 0.2) is 112 Å². The van der Waals surface area contributed by atoms with Gasteiger partial charge in [-0.2, -0.15) is 17.6 Å². The van der Waals surface area contributed by atoms with Gasteiger partial charge in [0.25, 0.3) is 11.1 Å². The highest BCUT2D eigenvalue weighted by atomic mass is 79.9. The Morgan fingerprint density at radius 1 is 0.634 bits per heavy atom. The summed E-state index contributed by atoms with van der Waals surface area (Å²) in [6.45, 7) is 4.73. The van der Waals surface area contributed by atoms with Gasteiger partial charge in [-0.3, -0.25) is 37.9 Å². The number of piperazine rings is 2. The van der Waals surface area contributed by atoms with Gasteiger partial charge in [0, 0.05) is 126 Å². The molecule has 0 radical (unpaired) electrons. The molecule has 4 aromatic carbocycles. The summed E-state index contributed by atoms with van der Waals surface area (Å²) < 4.78 is 67.8. The Morgan fingerprint density at radius 2 is 1.06 bits per heavy atom. The maximum atomic E-state index is 13.1. The van der Waals surface area contributed by atoms with Gasteiger partial charge in [0.2, 0.25) is 23.7 Å². The molecule has 0 saturated carbocycles. The number of hydrogen-bond donors (Lipinski definition) is 2. The lowest BCUT2D eigenvalue weighted by Gasteiger charge is -2.39. The van der Waals surface area contributed by atoms with Crippen LogP contribution in [0.4, 0.5) is 29.5 Å². The Labute approximate surface area is 481 Å². The number of carbonyl (C=O) groups excluding carboxylic acids is 2. The van der Waals surface area contributed by atoms with Gasteiger partial charge in [-0.1, -0.05) is 41.9 Å². The lowest BCUT2D eigenvalue weighted by molar-refractivity contribution is -0.130. The summed E-state index contributed by atoms with van der Waals surface area (Å²) >= 11 is 9.34. The molecule has 2 aliphatic heterocycles. The zero-order valence-electron chi connectivity index (χ0n) is 45.6. The van der Waals surface area contributed by atoms with E-state index in [1.807, 2.05) is 28.9 Å². The first kappa shape index (κ1) is 60.2. The molecule has 0 aliphatic carbocycles. The van der Waals surface area contributed by atoms with Gasteiger partial charge in [0.15, 0.2) is 0 Å². The van der Waals surface area contributed by atoms with Crippen molar-refractivity contribution >= 4 is 73.0 Å². The van der Waals surface area contributed by atoms with Crippen LogP contribution in [0.1, 0.15) is 49.9 Å². The van der Waals surface area contributed by atoms with Crippen LogP contribution >= 0.6 is 27.5 Å². The smallest absolute Gasteiger partial charge is 0.387 e. The molecule has 82 heavy (non-hydrogen) atoms. The molecule has 2 aliphatic rings. The standard InChI is InChI=1S/C28H30F2N6O4.C17H15ClF2N2O3.C11H15BrN4O/c1-17-14-34(18(2)38)9-10-35(17)28-31-12-21(13-32-28)19-7-8-22-24(11-19)36(33(3)26(22)39)15-23-20(16-37)5-4-6-25(23)40-27(29)30;1-21-16(24)12-6-5-11(18)7-14(12)22(21)8-13-10(9-23)3-2-4-15(13)25-17(19)20;1-8-7-15(9(2)17)3-4-16(8)11-13-5-10(12)6-14-11/h4-8,11-13,17,27,37H,9-10,14-16H2,1-3H3;2-7,17,23H,8-9H2,1H3;5-6,8H,3-4,7H2,1-2H3/t17-;;8-/m1.1/s1.